The van der Waals surface area contributed by atoms with Crippen molar-refractivity contribution in [3.8, 4) is 10.4 Å². The first-order valence-electron chi connectivity index (χ1n) is 5.89. The molecule has 1 nitrogen and oxygen atoms in total. The van der Waals surface area contributed by atoms with Crippen LogP contribution in [-0.4, -0.2) is 6.54 Å². The summed E-state index contributed by atoms with van der Waals surface area (Å²) >= 11 is 14.1. The zero-order valence-electron chi connectivity index (χ0n) is 10.3. The third kappa shape index (κ3) is 2.89. The van der Waals surface area contributed by atoms with Crippen molar-refractivity contribution in [1.29, 1.82) is 0 Å². The Labute approximate surface area is 122 Å². The van der Waals surface area contributed by atoms with E-state index in [1.807, 2.05) is 17.5 Å². The van der Waals surface area contributed by atoms with Gasteiger partial charge in [0.1, 0.15) is 0 Å². The second kappa shape index (κ2) is 6.07. The SMILES string of the molecule is CCNC(C)c1ccc(-c2sccc2Cl)cc1Cl. The quantitative estimate of drug-likeness (QED) is 0.798. The van der Waals surface area contributed by atoms with E-state index >= 15 is 0 Å². The highest BCUT2D eigenvalue weighted by molar-refractivity contribution is 7.14. The molecule has 1 aromatic carbocycles. The third-order valence-corrected chi connectivity index (χ3v) is 4.57. The van der Waals surface area contributed by atoms with Gasteiger partial charge in [0.05, 0.1) is 9.90 Å². The molecule has 0 aliphatic heterocycles. The Kier molecular flexibility index (Phi) is 4.68. The van der Waals surface area contributed by atoms with Gasteiger partial charge < -0.3 is 5.32 Å². The molecule has 1 atom stereocenters. The van der Waals surface area contributed by atoms with Crippen LogP contribution < -0.4 is 5.32 Å². The predicted octanol–water partition coefficient (Wildman–Crippen LogP) is 5.39. The molecule has 1 aromatic heterocycles. The van der Waals surface area contributed by atoms with Gasteiger partial charge in [0.2, 0.25) is 0 Å². The number of thiophene rings is 1. The molecule has 4 heteroatoms. The molecular formula is C14H15Cl2NS. The Bertz CT molecular complexity index is 536. The Hall–Kier alpha value is -0.540. The van der Waals surface area contributed by atoms with E-state index in [0.29, 0.717) is 0 Å². The van der Waals surface area contributed by atoms with Crippen molar-refractivity contribution in [3.63, 3.8) is 0 Å². The number of nitrogens with one attached hydrogen (secondary N) is 1. The Morgan fingerprint density at radius 2 is 2.00 bits per heavy atom. The lowest BCUT2D eigenvalue weighted by Gasteiger charge is -2.15. The van der Waals surface area contributed by atoms with Crippen molar-refractivity contribution in [2.45, 2.75) is 19.9 Å². The van der Waals surface area contributed by atoms with Gasteiger partial charge in [-0.1, -0.05) is 42.3 Å². The van der Waals surface area contributed by atoms with E-state index in [-0.39, 0.29) is 6.04 Å². The summed E-state index contributed by atoms with van der Waals surface area (Å²) in [5.41, 5.74) is 2.20. The maximum Gasteiger partial charge on any atom is 0.0592 e. The molecule has 0 radical (unpaired) electrons. The highest BCUT2D eigenvalue weighted by atomic mass is 35.5. The van der Waals surface area contributed by atoms with Crippen LogP contribution in [-0.2, 0) is 0 Å². The number of rotatable bonds is 4. The number of hydrogen-bond donors (Lipinski definition) is 1. The normalized spacial score (nSPS) is 12.7. The monoisotopic (exact) mass is 299 g/mol. The lowest BCUT2D eigenvalue weighted by atomic mass is 10.1. The van der Waals surface area contributed by atoms with Crippen LogP contribution in [0, 0.1) is 0 Å². The Morgan fingerprint density at radius 1 is 1.22 bits per heavy atom. The van der Waals surface area contributed by atoms with Gasteiger partial charge in [0.25, 0.3) is 0 Å². The molecule has 2 aromatic rings. The maximum absolute atomic E-state index is 6.35. The van der Waals surface area contributed by atoms with Crippen LogP contribution in [0.3, 0.4) is 0 Å². The summed E-state index contributed by atoms with van der Waals surface area (Å²) in [5, 5.41) is 6.91. The van der Waals surface area contributed by atoms with Crippen molar-refractivity contribution in [2.24, 2.45) is 0 Å². The maximum atomic E-state index is 6.35. The first-order valence-corrected chi connectivity index (χ1v) is 7.53. The van der Waals surface area contributed by atoms with E-state index in [1.54, 1.807) is 11.3 Å². The molecule has 1 N–H and O–H groups in total. The van der Waals surface area contributed by atoms with Crippen molar-refractivity contribution >= 4 is 34.5 Å². The molecule has 0 spiro atoms. The minimum atomic E-state index is 0.260. The zero-order chi connectivity index (χ0) is 13.1. The lowest BCUT2D eigenvalue weighted by Crippen LogP contribution is -2.17. The topological polar surface area (TPSA) is 12.0 Å². The molecule has 0 saturated heterocycles. The molecule has 0 amide bonds. The van der Waals surface area contributed by atoms with Gasteiger partial charge in [-0.15, -0.1) is 11.3 Å². The summed E-state index contributed by atoms with van der Waals surface area (Å²) in [6.45, 7) is 5.13. The molecule has 0 bridgehead atoms. The average molecular weight is 300 g/mol. The zero-order valence-corrected chi connectivity index (χ0v) is 12.7. The van der Waals surface area contributed by atoms with Gasteiger partial charge in [-0.05, 0) is 42.1 Å². The van der Waals surface area contributed by atoms with Crippen LogP contribution >= 0.6 is 34.5 Å². The van der Waals surface area contributed by atoms with E-state index in [4.69, 9.17) is 23.2 Å². The molecule has 18 heavy (non-hydrogen) atoms. The molecule has 2 rings (SSSR count). The summed E-state index contributed by atoms with van der Waals surface area (Å²) in [5.74, 6) is 0. The van der Waals surface area contributed by atoms with E-state index in [2.05, 4.69) is 31.3 Å². The molecule has 0 aliphatic carbocycles. The average Bonchev–Trinajstić information content (AvgIpc) is 2.75. The molecule has 0 saturated carbocycles. The van der Waals surface area contributed by atoms with Gasteiger partial charge in [0.15, 0.2) is 0 Å². The number of halogens is 2. The number of benzene rings is 1. The fourth-order valence-corrected chi connectivity index (χ4v) is 3.44. The fourth-order valence-electron chi connectivity index (χ4n) is 1.94. The van der Waals surface area contributed by atoms with Crippen LogP contribution in [0.5, 0.6) is 0 Å². The van der Waals surface area contributed by atoms with Crippen molar-refractivity contribution in [3.05, 3.63) is 45.3 Å². The van der Waals surface area contributed by atoms with Gasteiger partial charge in [-0.3, -0.25) is 0 Å². The highest BCUT2D eigenvalue weighted by Crippen LogP contribution is 2.36. The predicted molar refractivity (Wildman–Crippen MR) is 81.9 cm³/mol. The van der Waals surface area contributed by atoms with Crippen LogP contribution in [0.15, 0.2) is 29.6 Å². The van der Waals surface area contributed by atoms with E-state index in [1.165, 1.54) is 0 Å². The third-order valence-electron chi connectivity index (χ3n) is 2.86. The molecule has 1 heterocycles. The van der Waals surface area contributed by atoms with Gasteiger partial charge in [-0.25, -0.2) is 0 Å². The first kappa shape index (κ1) is 13.9. The Balaban J connectivity index is 2.33. The lowest BCUT2D eigenvalue weighted by molar-refractivity contribution is 0.598. The molecule has 1 unspecified atom stereocenters. The first-order chi connectivity index (χ1) is 8.63. The largest absolute Gasteiger partial charge is 0.310 e. The molecular weight excluding hydrogens is 285 g/mol. The van der Waals surface area contributed by atoms with Gasteiger partial charge in [-0.2, -0.15) is 0 Å². The van der Waals surface area contributed by atoms with Gasteiger partial charge >= 0.3 is 0 Å². The standard InChI is InChI=1S/C14H15Cl2NS/c1-3-17-9(2)11-5-4-10(8-13(11)16)14-12(15)6-7-18-14/h4-9,17H,3H2,1-2H3. The van der Waals surface area contributed by atoms with Crippen LogP contribution in [0.1, 0.15) is 25.5 Å². The minimum Gasteiger partial charge on any atom is -0.310 e. The second-order valence-corrected chi connectivity index (χ2v) is 5.84. The van der Waals surface area contributed by atoms with E-state index in [0.717, 1.165) is 32.6 Å². The second-order valence-electron chi connectivity index (χ2n) is 4.11. The van der Waals surface area contributed by atoms with Crippen LogP contribution in [0.25, 0.3) is 10.4 Å². The highest BCUT2D eigenvalue weighted by Gasteiger charge is 2.11. The molecule has 0 aliphatic rings. The van der Waals surface area contributed by atoms with Crippen molar-refractivity contribution < 1.29 is 0 Å². The van der Waals surface area contributed by atoms with Crippen molar-refractivity contribution in [1.82, 2.24) is 5.32 Å². The molecule has 0 fully saturated rings. The summed E-state index contributed by atoms with van der Waals surface area (Å²) in [4.78, 5) is 1.07. The summed E-state index contributed by atoms with van der Waals surface area (Å²) in [7, 11) is 0. The number of hydrogen-bond acceptors (Lipinski definition) is 2. The van der Waals surface area contributed by atoms with Crippen molar-refractivity contribution in [2.75, 3.05) is 6.54 Å². The summed E-state index contributed by atoms with van der Waals surface area (Å²) in [6.07, 6.45) is 0. The van der Waals surface area contributed by atoms with Crippen LogP contribution in [0.4, 0.5) is 0 Å². The minimum absolute atomic E-state index is 0.260. The smallest absolute Gasteiger partial charge is 0.0592 e. The molecule has 96 valence electrons. The summed E-state index contributed by atoms with van der Waals surface area (Å²) in [6, 6.07) is 8.30. The van der Waals surface area contributed by atoms with E-state index < -0.39 is 0 Å². The fraction of sp³-hybridized carbons (Fsp3) is 0.286. The van der Waals surface area contributed by atoms with E-state index in [9.17, 15) is 0 Å². The van der Waals surface area contributed by atoms with Gasteiger partial charge in [0, 0.05) is 11.1 Å². The Morgan fingerprint density at radius 3 is 2.56 bits per heavy atom. The van der Waals surface area contributed by atoms with Crippen LogP contribution in [0.2, 0.25) is 10.0 Å². The summed E-state index contributed by atoms with van der Waals surface area (Å²) < 4.78 is 0.